The number of benzene rings is 1. The van der Waals surface area contributed by atoms with E-state index in [1.54, 1.807) is 4.90 Å². The molecule has 0 atom stereocenters. The Morgan fingerprint density at radius 1 is 1.24 bits per heavy atom. The highest BCUT2D eigenvalue weighted by Crippen LogP contribution is 2.22. The minimum absolute atomic E-state index is 0.00716. The molecule has 0 N–H and O–H groups in total. The van der Waals surface area contributed by atoms with Crippen molar-refractivity contribution in [3.63, 3.8) is 0 Å². The Labute approximate surface area is 127 Å². The summed E-state index contributed by atoms with van der Waals surface area (Å²) in [7, 11) is 0. The molecule has 0 radical (unpaired) electrons. The van der Waals surface area contributed by atoms with Gasteiger partial charge >= 0.3 is 0 Å². The summed E-state index contributed by atoms with van der Waals surface area (Å²) >= 11 is 5.86. The largest absolute Gasteiger partial charge is 0.337 e. The topological polar surface area (TPSA) is 23.6 Å². The van der Waals surface area contributed by atoms with Gasteiger partial charge in [0, 0.05) is 32.7 Å². The first-order valence-electron chi connectivity index (χ1n) is 6.80. The average Bonchev–Trinajstić information content (AvgIpc) is 2.68. The van der Waals surface area contributed by atoms with Crippen molar-refractivity contribution < 1.29 is 13.6 Å². The summed E-state index contributed by atoms with van der Waals surface area (Å²) in [5, 5.41) is -0.0638. The van der Waals surface area contributed by atoms with Gasteiger partial charge in [0.15, 0.2) is 11.6 Å². The Hall–Kier alpha value is -1.46. The summed E-state index contributed by atoms with van der Waals surface area (Å²) in [6.45, 7) is 7.17. The molecule has 1 aliphatic heterocycles. The van der Waals surface area contributed by atoms with Gasteiger partial charge in [0.05, 0.1) is 10.6 Å². The Morgan fingerprint density at radius 2 is 1.95 bits per heavy atom. The maximum Gasteiger partial charge on any atom is 0.255 e. The molecule has 0 aliphatic carbocycles. The maximum absolute atomic E-state index is 13.3. The Kier molecular flexibility index (Phi) is 5.31. The van der Waals surface area contributed by atoms with E-state index in [0.29, 0.717) is 13.1 Å². The normalized spacial score (nSPS) is 16.6. The van der Waals surface area contributed by atoms with Crippen LogP contribution in [0.1, 0.15) is 16.8 Å². The fourth-order valence-corrected chi connectivity index (χ4v) is 2.63. The third-order valence-electron chi connectivity index (χ3n) is 3.50. The lowest BCUT2D eigenvalue weighted by molar-refractivity contribution is 0.0761. The molecule has 1 fully saturated rings. The van der Waals surface area contributed by atoms with Crippen LogP contribution in [0.3, 0.4) is 0 Å². The molecule has 21 heavy (non-hydrogen) atoms. The Morgan fingerprint density at radius 3 is 2.67 bits per heavy atom. The summed E-state index contributed by atoms with van der Waals surface area (Å²) in [4.78, 5) is 16.2. The number of carbonyl (C=O) groups is 1. The zero-order chi connectivity index (χ0) is 15.4. The van der Waals surface area contributed by atoms with Gasteiger partial charge in [0.2, 0.25) is 0 Å². The molecule has 0 saturated carbocycles. The van der Waals surface area contributed by atoms with Crippen LogP contribution in [-0.2, 0) is 0 Å². The smallest absolute Gasteiger partial charge is 0.255 e. The highest BCUT2D eigenvalue weighted by molar-refractivity contribution is 6.33. The van der Waals surface area contributed by atoms with Gasteiger partial charge in [-0.15, -0.1) is 6.58 Å². The van der Waals surface area contributed by atoms with Crippen LogP contribution in [0.5, 0.6) is 0 Å². The van der Waals surface area contributed by atoms with Gasteiger partial charge in [-0.25, -0.2) is 8.78 Å². The van der Waals surface area contributed by atoms with Crippen LogP contribution >= 0.6 is 11.6 Å². The lowest BCUT2D eigenvalue weighted by Gasteiger charge is -2.22. The van der Waals surface area contributed by atoms with E-state index in [2.05, 4.69) is 11.5 Å². The van der Waals surface area contributed by atoms with Crippen molar-refractivity contribution in [1.29, 1.82) is 0 Å². The molecule has 0 unspecified atom stereocenters. The van der Waals surface area contributed by atoms with E-state index in [4.69, 9.17) is 11.6 Å². The predicted octanol–water partition coefficient (Wildman–Crippen LogP) is 2.95. The monoisotopic (exact) mass is 314 g/mol. The van der Waals surface area contributed by atoms with Gasteiger partial charge in [0.25, 0.3) is 5.91 Å². The highest BCUT2D eigenvalue weighted by Gasteiger charge is 2.23. The number of halogens is 3. The molecular weight excluding hydrogens is 298 g/mol. The van der Waals surface area contributed by atoms with E-state index >= 15 is 0 Å². The van der Waals surface area contributed by atoms with E-state index in [0.717, 1.165) is 38.2 Å². The SMILES string of the molecule is C=CCN1CCCN(C(=O)c2cc(F)c(F)cc2Cl)CC1. The van der Waals surface area contributed by atoms with Crippen LogP contribution < -0.4 is 0 Å². The summed E-state index contributed by atoms with van der Waals surface area (Å²) in [6, 6.07) is 1.71. The zero-order valence-corrected chi connectivity index (χ0v) is 12.4. The van der Waals surface area contributed by atoms with Crippen molar-refractivity contribution in [2.45, 2.75) is 6.42 Å². The number of amides is 1. The van der Waals surface area contributed by atoms with E-state index in [1.807, 2.05) is 6.08 Å². The third-order valence-corrected chi connectivity index (χ3v) is 3.82. The molecule has 0 spiro atoms. The van der Waals surface area contributed by atoms with Gasteiger partial charge in [-0.3, -0.25) is 9.69 Å². The number of hydrogen-bond donors (Lipinski definition) is 0. The minimum atomic E-state index is -1.06. The number of nitrogens with zero attached hydrogens (tertiary/aromatic N) is 2. The first-order chi connectivity index (χ1) is 10.0. The van der Waals surface area contributed by atoms with Crippen molar-refractivity contribution in [3.8, 4) is 0 Å². The van der Waals surface area contributed by atoms with Crippen LogP contribution in [0, 0.1) is 11.6 Å². The second-order valence-corrected chi connectivity index (χ2v) is 5.39. The van der Waals surface area contributed by atoms with Gasteiger partial charge in [-0.2, -0.15) is 0 Å². The maximum atomic E-state index is 13.3. The molecule has 1 aromatic rings. The quantitative estimate of drug-likeness (QED) is 0.632. The van der Waals surface area contributed by atoms with Crippen LogP contribution in [0.2, 0.25) is 5.02 Å². The van der Waals surface area contributed by atoms with Gasteiger partial charge < -0.3 is 4.90 Å². The number of hydrogen-bond acceptors (Lipinski definition) is 2. The van der Waals surface area contributed by atoms with E-state index in [1.165, 1.54) is 0 Å². The lowest BCUT2D eigenvalue weighted by Crippen LogP contribution is -2.35. The van der Waals surface area contributed by atoms with Crippen molar-refractivity contribution in [2.75, 3.05) is 32.7 Å². The van der Waals surface area contributed by atoms with Gasteiger partial charge in [-0.05, 0) is 18.6 Å². The summed E-state index contributed by atoms with van der Waals surface area (Å²) in [6.07, 6.45) is 2.64. The Bertz CT molecular complexity index is 551. The fraction of sp³-hybridized carbons (Fsp3) is 0.400. The first kappa shape index (κ1) is 15.9. The minimum Gasteiger partial charge on any atom is -0.337 e. The second kappa shape index (κ2) is 7.00. The molecule has 1 amide bonds. The first-order valence-corrected chi connectivity index (χ1v) is 7.17. The van der Waals surface area contributed by atoms with E-state index in [9.17, 15) is 13.6 Å². The standard InChI is InChI=1S/C15H17ClF2N2O/c1-2-4-19-5-3-6-20(8-7-19)15(21)11-9-13(17)14(18)10-12(11)16/h2,9-10H,1,3-8H2. The highest BCUT2D eigenvalue weighted by atomic mass is 35.5. The average molecular weight is 315 g/mol. The van der Waals surface area contributed by atoms with Crippen molar-refractivity contribution in [3.05, 3.63) is 47.0 Å². The molecule has 0 bridgehead atoms. The van der Waals surface area contributed by atoms with E-state index < -0.39 is 11.6 Å². The van der Waals surface area contributed by atoms with Crippen molar-refractivity contribution >= 4 is 17.5 Å². The molecule has 2 rings (SSSR count). The molecule has 1 heterocycles. The third kappa shape index (κ3) is 3.80. The molecule has 1 aliphatic rings. The zero-order valence-electron chi connectivity index (χ0n) is 11.6. The molecule has 114 valence electrons. The van der Waals surface area contributed by atoms with Crippen LogP contribution in [-0.4, -0.2) is 48.4 Å². The van der Waals surface area contributed by atoms with Crippen molar-refractivity contribution in [1.82, 2.24) is 9.80 Å². The van der Waals surface area contributed by atoms with Crippen molar-refractivity contribution in [2.24, 2.45) is 0 Å². The molecular formula is C15H17ClF2N2O. The number of rotatable bonds is 3. The summed E-state index contributed by atoms with van der Waals surface area (Å²) in [5.41, 5.74) is 0.00716. The second-order valence-electron chi connectivity index (χ2n) is 4.98. The molecule has 6 heteroatoms. The predicted molar refractivity (Wildman–Crippen MR) is 78.5 cm³/mol. The molecule has 3 nitrogen and oxygen atoms in total. The van der Waals surface area contributed by atoms with Crippen LogP contribution in [0.4, 0.5) is 8.78 Å². The fourth-order valence-electron chi connectivity index (χ4n) is 2.40. The van der Waals surface area contributed by atoms with Crippen LogP contribution in [0.25, 0.3) is 0 Å². The molecule has 0 aromatic heterocycles. The summed E-state index contributed by atoms with van der Waals surface area (Å²) in [5.74, 6) is -2.48. The Balaban J connectivity index is 2.13. The molecule has 1 aromatic carbocycles. The molecule has 1 saturated heterocycles. The van der Waals surface area contributed by atoms with Gasteiger partial charge in [0.1, 0.15) is 0 Å². The van der Waals surface area contributed by atoms with E-state index in [-0.39, 0.29) is 16.5 Å². The van der Waals surface area contributed by atoms with Gasteiger partial charge in [-0.1, -0.05) is 17.7 Å². The number of carbonyl (C=O) groups excluding carboxylic acids is 1. The summed E-state index contributed by atoms with van der Waals surface area (Å²) < 4.78 is 26.4. The lowest BCUT2D eigenvalue weighted by atomic mass is 10.1. The van der Waals surface area contributed by atoms with Crippen LogP contribution in [0.15, 0.2) is 24.8 Å².